The van der Waals surface area contributed by atoms with E-state index in [0.29, 0.717) is 11.1 Å². The van der Waals surface area contributed by atoms with Gasteiger partial charge in [-0.2, -0.15) is 12.6 Å². The molecule has 9 heteroatoms. The Labute approximate surface area is 206 Å². The first-order valence-corrected chi connectivity index (χ1v) is 11.5. The number of carbonyl (C=O) groups excluding carboxylic acids is 3. The summed E-state index contributed by atoms with van der Waals surface area (Å²) in [6.45, 7) is 7.14. The molecule has 0 saturated carbocycles. The number of aryl methyl sites for hydroxylation is 1. The molecule has 0 aromatic heterocycles. The number of amides is 3. The van der Waals surface area contributed by atoms with Crippen LogP contribution in [0, 0.1) is 6.92 Å². The lowest BCUT2D eigenvalue weighted by Crippen LogP contribution is -2.52. The smallest absolute Gasteiger partial charge is 0.408 e. The SMILES string of the molecule is Cc1cc(C(C(=O)NCc2ccccc2)N(C)C(=O)C(CS)NC(=O)OC(C)(C)C)ccc1O. The summed E-state index contributed by atoms with van der Waals surface area (Å²) in [5.41, 5.74) is 1.26. The molecular weight excluding hydrogens is 454 g/mol. The molecule has 2 atom stereocenters. The second kappa shape index (κ2) is 11.8. The molecule has 0 aliphatic rings. The lowest BCUT2D eigenvalue weighted by atomic mass is 10.0. The van der Waals surface area contributed by atoms with E-state index in [1.165, 1.54) is 18.0 Å². The topological polar surface area (TPSA) is 108 Å². The Morgan fingerprint density at radius 2 is 1.76 bits per heavy atom. The zero-order valence-electron chi connectivity index (χ0n) is 20.2. The number of benzene rings is 2. The Kier molecular flexibility index (Phi) is 9.37. The minimum absolute atomic E-state index is 0.00930. The third-order valence-corrected chi connectivity index (χ3v) is 5.37. The van der Waals surface area contributed by atoms with Crippen molar-refractivity contribution in [2.45, 2.75) is 51.9 Å². The maximum atomic E-state index is 13.3. The third-order valence-electron chi connectivity index (χ3n) is 5.00. The van der Waals surface area contributed by atoms with Crippen LogP contribution >= 0.6 is 12.6 Å². The average Bonchev–Trinajstić information content (AvgIpc) is 2.77. The van der Waals surface area contributed by atoms with Crippen LogP contribution in [0.15, 0.2) is 48.5 Å². The van der Waals surface area contributed by atoms with Crippen molar-refractivity contribution in [3.8, 4) is 5.75 Å². The van der Waals surface area contributed by atoms with Gasteiger partial charge in [-0.05, 0) is 56.5 Å². The van der Waals surface area contributed by atoms with Crippen molar-refractivity contribution >= 4 is 30.5 Å². The van der Waals surface area contributed by atoms with E-state index in [-0.39, 0.29) is 18.0 Å². The fourth-order valence-electron chi connectivity index (χ4n) is 3.29. The normalized spacial score (nSPS) is 12.9. The van der Waals surface area contributed by atoms with E-state index in [9.17, 15) is 19.5 Å². The lowest BCUT2D eigenvalue weighted by Gasteiger charge is -2.31. The second-order valence-corrected chi connectivity index (χ2v) is 9.35. The van der Waals surface area contributed by atoms with Gasteiger partial charge in [-0.15, -0.1) is 0 Å². The summed E-state index contributed by atoms with van der Waals surface area (Å²) in [4.78, 5) is 40.1. The van der Waals surface area contributed by atoms with Gasteiger partial charge < -0.3 is 25.4 Å². The predicted molar refractivity (Wildman–Crippen MR) is 134 cm³/mol. The van der Waals surface area contributed by atoms with Crippen molar-refractivity contribution in [1.82, 2.24) is 15.5 Å². The number of phenolic OH excluding ortho intramolecular Hbond substituents is 1. The summed E-state index contributed by atoms with van der Waals surface area (Å²) < 4.78 is 5.25. The minimum atomic E-state index is -1.01. The Balaban J connectivity index is 2.28. The highest BCUT2D eigenvalue weighted by molar-refractivity contribution is 7.80. The quantitative estimate of drug-likeness (QED) is 0.427. The molecule has 0 heterocycles. The van der Waals surface area contributed by atoms with E-state index in [1.54, 1.807) is 39.8 Å². The van der Waals surface area contributed by atoms with E-state index in [1.807, 2.05) is 30.3 Å². The van der Waals surface area contributed by atoms with Gasteiger partial charge in [0, 0.05) is 19.3 Å². The number of hydrogen-bond donors (Lipinski definition) is 4. The zero-order chi connectivity index (χ0) is 25.5. The van der Waals surface area contributed by atoms with E-state index in [4.69, 9.17) is 4.74 Å². The molecule has 0 radical (unpaired) electrons. The molecule has 0 spiro atoms. The van der Waals surface area contributed by atoms with Gasteiger partial charge in [0.25, 0.3) is 0 Å². The van der Waals surface area contributed by atoms with Crippen LogP contribution in [0.2, 0.25) is 0 Å². The molecule has 2 aromatic carbocycles. The first-order chi connectivity index (χ1) is 15.9. The lowest BCUT2D eigenvalue weighted by molar-refractivity contribution is -0.140. The van der Waals surface area contributed by atoms with E-state index in [2.05, 4.69) is 23.3 Å². The highest BCUT2D eigenvalue weighted by Crippen LogP contribution is 2.26. The monoisotopic (exact) mass is 487 g/mol. The van der Waals surface area contributed by atoms with Gasteiger partial charge in [-0.3, -0.25) is 9.59 Å². The van der Waals surface area contributed by atoms with Crippen LogP contribution in [0.1, 0.15) is 43.5 Å². The number of nitrogens with one attached hydrogen (secondary N) is 2. The van der Waals surface area contributed by atoms with Gasteiger partial charge in [-0.25, -0.2) is 4.79 Å². The van der Waals surface area contributed by atoms with Crippen molar-refractivity contribution in [1.29, 1.82) is 0 Å². The molecule has 2 unspecified atom stereocenters. The summed E-state index contributed by atoms with van der Waals surface area (Å²) in [6.07, 6.45) is -0.751. The summed E-state index contributed by atoms with van der Waals surface area (Å²) in [7, 11) is 1.49. The van der Waals surface area contributed by atoms with Crippen LogP contribution in [0.4, 0.5) is 4.79 Å². The Morgan fingerprint density at radius 3 is 2.32 bits per heavy atom. The number of hydrogen-bond acceptors (Lipinski definition) is 6. The van der Waals surface area contributed by atoms with Crippen LogP contribution in [0.25, 0.3) is 0 Å². The van der Waals surface area contributed by atoms with E-state index in [0.717, 1.165) is 5.56 Å². The number of thiol groups is 1. The third kappa shape index (κ3) is 7.69. The molecule has 3 amide bonds. The van der Waals surface area contributed by atoms with Crippen molar-refractivity contribution in [3.63, 3.8) is 0 Å². The Morgan fingerprint density at radius 1 is 1.12 bits per heavy atom. The molecule has 0 saturated heterocycles. The summed E-state index contributed by atoms with van der Waals surface area (Å²) in [6, 6.07) is 12.1. The number of alkyl carbamates (subject to hydrolysis) is 1. The highest BCUT2D eigenvalue weighted by Gasteiger charge is 2.33. The van der Waals surface area contributed by atoms with Gasteiger partial charge in [0.15, 0.2) is 0 Å². The molecule has 0 aliphatic carbocycles. The van der Waals surface area contributed by atoms with Crippen LogP contribution in [-0.4, -0.2) is 52.4 Å². The molecular formula is C25H33N3O5S. The molecule has 2 rings (SSSR count). The zero-order valence-corrected chi connectivity index (χ0v) is 21.1. The molecule has 3 N–H and O–H groups in total. The fraction of sp³-hybridized carbons (Fsp3) is 0.400. The van der Waals surface area contributed by atoms with Gasteiger partial charge in [-0.1, -0.05) is 36.4 Å². The van der Waals surface area contributed by atoms with Gasteiger partial charge in [0.2, 0.25) is 11.8 Å². The van der Waals surface area contributed by atoms with E-state index >= 15 is 0 Å². The Bertz CT molecular complexity index is 1010. The standard InChI is InChI=1S/C25H33N3O5S/c1-16-13-18(11-12-20(16)29)21(22(30)26-14-17-9-7-6-8-10-17)28(5)23(31)19(15-34)27-24(32)33-25(2,3)4/h6-13,19,21,29,34H,14-15H2,1-5H3,(H,26,30)(H,27,32). The number of nitrogens with zero attached hydrogens (tertiary/aromatic N) is 1. The van der Waals surface area contributed by atoms with Crippen molar-refractivity contribution in [2.24, 2.45) is 0 Å². The maximum absolute atomic E-state index is 13.3. The summed E-state index contributed by atoms with van der Waals surface area (Å²) in [5.74, 6) is -0.817. The van der Waals surface area contributed by atoms with Gasteiger partial charge >= 0.3 is 6.09 Å². The molecule has 184 valence electrons. The highest BCUT2D eigenvalue weighted by atomic mass is 32.1. The molecule has 0 fully saturated rings. The molecule has 0 aliphatic heterocycles. The number of phenols is 1. The van der Waals surface area contributed by atoms with Crippen molar-refractivity contribution in [3.05, 3.63) is 65.2 Å². The molecule has 2 aromatic rings. The number of rotatable bonds is 8. The number of ether oxygens (including phenoxy) is 1. The first-order valence-electron chi connectivity index (χ1n) is 10.9. The van der Waals surface area contributed by atoms with Crippen molar-refractivity contribution in [2.75, 3.05) is 12.8 Å². The molecule has 8 nitrogen and oxygen atoms in total. The number of carbonyl (C=O) groups is 3. The fourth-order valence-corrected chi connectivity index (χ4v) is 3.54. The number of aromatic hydroxyl groups is 1. The molecule has 34 heavy (non-hydrogen) atoms. The van der Waals surface area contributed by atoms with Crippen molar-refractivity contribution < 1.29 is 24.2 Å². The van der Waals surface area contributed by atoms with Crippen LogP contribution in [0.5, 0.6) is 5.75 Å². The maximum Gasteiger partial charge on any atom is 0.408 e. The van der Waals surface area contributed by atoms with Crippen LogP contribution in [-0.2, 0) is 20.9 Å². The predicted octanol–water partition coefficient (Wildman–Crippen LogP) is 3.34. The average molecular weight is 488 g/mol. The van der Waals surface area contributed by atoms with Gasteiger partial charge in [0.1, 0.15) is 23.4 Å². The first kappa shape index (κ1) is 27.0. The Hall–Kier alpha value is -3.20. The van der Waals surface area contributed by atoms with Crippen LogP contribution in [0.3, 0.4) is 0 Å². The summed E-state index contributed by atoms with van der Waals surface area (Å²) in [5, 5.41) is 15.3. The second-order valence-electron chi connectivity index (χ2n) is 8.98. The van der Waals surface area contributed by atoms with Gasteiger partial charge in [0.05, 0.1) is 0 Å². The van der Waals surface area contributed by atoms with Crippen LogP contribution < -0.4 is 10.6 Å². The number of likely N-dealkylation sites (N-methyl/N-ethyl adjacent to an activating group) is 1. The largest absolute Gasteiger partial charge is 0.508 e. The van der Waals surface area contributed by atoms with E-state index < -0.39 is 35.6 Å². The minimum Gasteiger partial charge on any atom is -0.508 e. The summed E-state index contributed by atoms with van der Waals surface area (Å²) >= 11 is 4.21. The molecule has 0 bridgehead atoms.